The molecular formula is C15H13FN2O3. The van der Waals surface area contributed by atoms with Crippen LogP contribution >= 0.6 is 0 Å². The van der Waals surface area contributed by atoms with Crippen molar-refractivity contribution in [2.24, 2.45) is 5.10 Å². The minimum absolute atomic E-state index is 0.322. The van der Waals surface area contributed by atoms with E-state index in [0.717, 1.165) is 0 Å². The van der Waals surface area contributed by atoms with Crippen LogP contribution in [0.2, 0.25) is 0 Å². The first-order chi connectivity index (χ1) is 10.1. The fraction of sp³-hybridized carbons (Fsp3) is 0.0667. The molecule has 0 spiro atoms. The number of aliphatic carboxylic acids is 1. The molecule has 0 aromatic heterocycles. The second-order valence-corrected chi connectivity index (χ2v) is 4.10. The summed E-state index contributed by atoms with van der Waals surface area (Å²) in [4.78, 5) is 10.5. The molecule has 0 bridgehead atoms. The van der Waals surface area contributed by atoms with Crippen molar-refractivity contribution in [3.8, 4) is 5.75 Å². The van der Waals surface area contributed by atoms with Crippen LogP contribution in [0.25, 0.3) is 0 Å². The molecule has 0 unspecified atom stereocenters. The monoisotopic (exact) mass is 288 g/mol. The minimum atomic E-state index is -1.05. The number of anilines is 1. The molecule has 2 aromatic rings. The number of nitrogens with zero attached hydrogens (tertiary/aromatic N) is 1. The number of ether oxygens (including phenoxy) is 1. The van der Waals surface area contributed by atoms with Gasteiger partial charge in [-0.05, 0) is 36.4 Å². The van der Waals surface area contributed by atoms with Gasteiger partial charge in [0.1, 0.15) is 11.6 Å². The molecule has 5 nitrogen and oxygen atoms in total. The lowest BCUT2D eigenvalue weighted by Crippen LogP contribution is -2.10. The van der Waals surface area contributed by atoms with Crippen LogP contribution in [0.1, 0.15) is 5.56 Å². The number of carbonyl (C=O) groups is 1. The van der Waals surface area contributed by atoms with Crippen molar-refractivity contribution in [1.82, 2.24) is 0 Å². The maximum Gasteiger partial charge on any atom is 0.341 e. The van der Waals surface area contributed by atoms with Crippen LogP contribution in [0.3, 0.4) is 0 Å². The summed E-state index contributed by atoms with van der Waals surface area (Å²) in [6, 6.07) is 12.7. The average Bonchev–Trinajstić information content (AvgIpc) is 2.48. The lowest BCUT2D eigenvalue weighted by atomic mass is 10.2. The van der Waals surface area contributed by atoms with Crippen LogP contribution in [0.15, 0.2) is 53.6 Å². The predicted octanol–water partition coefficient (Wildman–Crippen LogP) is 2.74. The van der Waals surface area contributed by atoms with E-state index in [1.807, 2.05) is 0 Å². The Bertz CT molecular complexity index is 642. The SMILES string of the molecule is O=C(O)COc1ccccc1/C=N\Nc1ccc(F)cc1. The van der Waals surface area contributed by atoms with Crippen molar-refractivity contribution in [2.75, 3.05) is 12.0 Å². The van der Waals surface area contributed by atoms with E-state index in [0.29, 0.717) is 17.0 Å². The average molecular weight is 288 g/mol. The third-order valence-electron chi connectivity index (χ3n) is 2.51. The Morgan fingerprint density at radius 3 is 2.67 bits per heavy atom. The summed E-state index contributed by atoms with van der Waals surface area (Å²) in [6.07, 6.45) is 1.50. The van der Waals surface area contributed by atoms with Crippen LogP contribution in [0.5, 0.6) is 5.75 Å². The van der Waals surface area contributed by atoms with Gasteiger partial charge in [0.15, 0.2) is 6.61 Å². The van der Waals surface area contributed by atoms with Crippen LogP contribution < -0.4 is 10.2 Å². The van der Waals surface area contributed by atoms with Gasteiger partial charge in [-0.2, -0.15) is 5.10 Å². The van der Waals surface area contributed by atoms with Crippen molar-refractivity contribution in [3.05, 3.63) is 59.9 Å². The number of para-hydroxylation sites is 1. The number of carboxylic acids is 1. The van der Waals surface area contributed by atoms with Gasteiger partial charge in [0.05, 0.1) is 11.9 Å². The Kier molecular flexibility index (Phi) is 4.87. The first kappa shape index (κ1) is 14.5. The van der Waals surface area contributed by atoms with Gasteiger partial charge in [0, 0.05) is 5.56 Å². The maximum atomic E-state index is 12.7. The Morgan fingerprint density at radius 1 is 1.24 bits per heavy atom. The first-order valence-electron chi connectivity index (χ1n) is 6.13. The molecule has 6 heteroatoms. The lowest BCUT2D eigenvalue weighted by molar-refractivity contribution is -0.139. The van der Waals surface area contributed by atoms with E-state index < -0.39 is 12.6 Å². The molecule has 0 aliphatic rings. The highest BCUT2D eigenvalue weighted by Gasteiger charge is 2.03. The number of hydrazone groups is 1. The molecule has 0 aliphatic heterocycles. The zero-order valence-corrected chi connectivity index (χ0v) is 11.0. The van der Waals surface area contributed by atoms with Crippen molar-refractivity contribution < 1.29 is 19.0 Å². The van der Waals surface area contributed by atoms with E-state index in [4.69, 9.17) is 9.84 Å². The fourth-order valence-electron chi connectivity index (χ4n) is 1.56. The second-order valence-electron chi connectivity index (χ2n) is 4.10. The zero-order valence-electron chi connectivity index (χ0n) is 11.0. The van der Waals surface area contributed by atoms with Gasteiger partial charge >= 0.3 is 5.97 Å². The largest absolute Gasteiger partial charge is 0.481 e. The first-order valence-corrected chi connectivity index (χ1v) is 6.13. The van der Waals surface area contributed by atoms with Crippen LogP contribution in [-0.4, -0.2) is 23.9 Å². The molecule has 0 fully saturated rings. The molecule has 0 amide bonds. The number of hydrogen-bond acceptors (Lipinski definition) is 4. The maximum absolute atomic E-state index is 12.7. The quantitative estimate of drug-likeness (QED) is 0.633. The van der Waals surface area contributed by atoms with Crippen molar-refractivity contribution in [2.45, 2.75) is 0 Å². The number of nitrogens with one attached hydrogen (secondary N) is 1. The van der Waals surface area contributed by atoms with Gasteiger partial charge in [-0.3, -0.25) is 5.43 Å². The zero-order chi connectivity index (χ0) is 15.1. The topological polar surface area (TPSA) is 70.9 Å². The van der Waals surface area contributed by atoms with Gasteiger partial charge in [0.2, 0.25) is 0 Å². The fourth-order valence-corrected chi connectivity index (χ4v) is 1.56. The molecule has 0 saturated heterocycles. The normalized spacial score (nSPS) is 10.5. The van der Waals surface area contributed by atoms with Gasteiger partial charge in [-0.25, -0.2) is 9.18 Å². The summed E-state index contributed by atoms with van der Waals surface area (Å²) in [5.74, 6) is -0.951. The van der Waals surface area contributed by atoms with Crippen molar-refractivity contribution in [1.29, 1.82) is 0 Å². The minimum Gasteiger partial charge on any atom is -0.481 e. The molecule has 108 valence electrons. The van der Waals surface area contributed by atoms with Crippen LogP contribution in [0, 0.1) is 5.82 Å². The summed E-state index contributed by atoms with van der Waals surface area (Å²) < 4.78 is 17.9. The van der Waals surface area contributed by atoms with Gasteiger partial charge in [-0.1, -0.05) is 12.1 Å². The molecule has 2 N–H and O–H groups in total. The number of rotatable bonds is 6. The Labute approximate surface area is 120 Å². The second kappa shape index (κ2) is 7.04. The summed E-state index contributed by atoms with van der Waals surface area (Å²) in [6.45, 7) is -0.420. The Hall–Kier alpha value is -2.89. The lowest BCUT2D eigenvalue weighted by Gasteiger charge is -2.06. The van der Waals surface area contributed by atoms with Crippen molar-refractivity contribution >= 4 is 17.9 Å². The highest BCUT2D eigenvalue weighted by molar-refractivity contribution is 5.84. The molecule has 0 radical (unpaired) electrons. The Morgan fingerprint density at radius 2 is 1.95 bits per heavy atom. The van der Waals surface area contributed by atoms with Gasteiger partial charge < -0.3 is 9.84 Å². The summed E-state index contributed by atoms with van der Waals surface area (Å²) in [5, 5.41) is 12.6. The third kappa shape index (κ3) is 4.61. The van der Waals surface area contributed by atoms with E-state index in [1.165, 1.54) is 18.3 Å². The Balaban J connectivity index is 2.03. The number of carboxylic acid groups (broad SMARTS) is 1. The molecular weight excluding hydrogens is 275 g/mol. The van der Waals surface area contributed by atoms with Crippen molar-refractivity contribution in [3.63, 3.8) is 0 Å². The third-order valence-corrected chi connectivity index (χ3v) is 2.51. The summed E-state index contributed by atoms with van der Waals surface area (Å²) in [5.41, 5.74) is 4.01. The van der Waals surface area contributed by atoms with Crippen LogP contribution in [-0.2, 0) is 4.79 Å². The highest BCUT2D eigenvalue weighted by atomic mass is 19.1. The van der Waals surface area contributed by atoms with E-state index in [1.54, 1.807) is 36.4 Å². The molecule has 0 atom stereocenters. The number of benzene rings is 2. The molecule has 0 heterocycles. The number of hydrogen-bond donors (Lipinski definition) is 2. The van der Waals surface area contributed by atoms with Crippen LogP contribution in [0.4, 0.5) is 10.1 Å². The number of halogens is 1. The standard InChI is InChI=1S/C15H13FN2O3/c16-12-5-7-13(8-6-12)18-17-9-11-3-1-2-4-14(11)21-10-15(19)20/h1-9,18H,10H2,(H,19,20)/b17-9-. The molecule has 2 rings (SSSR count). The molecule has 2 aromatic carbocycles. The van der Waals surface area contributed by atoms with E-state index >= 15 is 0 Å². The van der Waals surface area contributed by atoms with E-state index in [2.05, 4.69) is 10.5 Å². The summed E-state index contributed by atoms with van der Waals surface area (Å²) >= 11 is 0. The van der Waals surface area contributed by atoms with E-state index in [9.17, 15) is 9.18 Å². The predicted molar refractivity (Wildman–Crippen MR) is 77.2 cm³/mol. The highest BCUT2D eigenvalue weighted by Crippen LogP contribution is 2.16. The smallest absolute Gasteiger partial charge is 0.341 e. The molecule has 21 heavy (non-hydrogen) atoms. The van der Waals surface area contributed by atoms with Gasteiger partial charge in [0.25, 0.3) is 0 Å². The molecule has 0 aliphatic carbocycles. The summed E-state index contributed by atoms with van der Waals surface area (Å²) in [7, 11) is 0. The van der Waals surface area contributed by atoms with E-state index in [-0.39, 0.29) is 5.82 Å². The van der Waals surface area contributed by atoms with Gasteiger partial charge in [-0.15, -0.1) is 0 Å². The molecule has 0 saturated carbocycles.